The summed E-state index contributed by atoms with van der Waals surface area (Å²) in [6, 6.07) is 12.8. The van der Waals surface area contributed by atoms with E-state index in [9.17, 15) is 4.39 Å². The van der Waals surface area contributed by atoms with E-state index in [4.69, 9.17) is 4.98 Å². The maximum Gasteiger partial charge on any atom is 0.163 e. The molecule has 5 nitrogen and oxygen atoms in total. The van der Waals surface area contributed by atoms with Crippen LogP contribution in [0.2, 0.25) is 0 Å². The highest BCUT2D eigenvalue weighted by atomic mass is 19.1. The first-order valence-corrected chi connectivity index (χ1v) is 9.65. The number of hydrogen-bond acceptors (Lipinski definition) is 5. The van der Waals surface area contributed by atoms with E-state index < -0.39 is 0 Å². The molecular weight excluding hydrogens is 353 g/mol. The molecule has 1 aliphatic heterocycles. The molecule has 1 fully saturated rings. The van der Waals surface area contributed by atoms with Gasteiger partial charge < -0.3 is 5.32 Å². The van der Waals surface area contributed by atoms with Crippen molar-refractivity contribution < 1.29 is 4.39 Å². The summed E-state index contributed by atoms with van der Waals surface area (Å²) in [5.41, 5.74) is 2.96. The molecule has 0 radical (unpaired) electrons. The zero-order valence-corrected chi connectivity index (χ0v) is 16.0. The van der Waals surface area contributed by atoms with Gasteiger partial charge in [0.15, 0.2) is 5.82 Å². The maximum atomic E-state index is 13.5. The molecule has 28 heavy (non-hydrogen) atoms. The molecule has 0 saturated carbocycles. The number of benzene rings is 1. The standard InChI is InChI=1S/C22H24FN5/c1-24-21-12-20(26-22(27-21)17-6-3-9-25-13-17)18-7-4-10-28(15-18)14-16-5-2-8-19(23)11-16/h2-3,5-6,8-9,11-13,18H,4,7,10,14-15H2,1H3,(H,24,26,27). The van der Waals surface area contributed by atoms with Crippen LogP contribution in [0.5, 0.6) is 0 Å². The molecule has 0 spiro atoms. The third-order valence-corrected chi connectivity index (χ3v) is 5.14. The number of nitrogens with zero attached hydrogens (tertiary/aromatic N) is 4. The SMILES string of the molecule is CNc1cc(C2CCCN(Cc3cccc(F)c3)C2)nc(-c2cccnc2)n1. The monoisotopic (exact) mass is 377 g/mol. The van der Waals surface area contributed by atoms with Crippen LogP contribution in [0.15, 0.2) is 54.9 Å². The van der Waals surface area contributed by atoms with Crippen molar-refractivity contribution in [1.82, 2.24) is 19.9 Å². The van der Waals surface area contributed by atoms with E-state index in [0.717, 1.165) is 55.1 Å². The van der Waals surface area contributed by atoms with Crippen molar-refractivity contribution >= 4 is 5.82 Å². The summed E-state index contributed by atoms with van der Waals surface area (Å²) in [5.74, 6) is 1.65. The lowest BCUT2D eigenvalue weighted by Gasteiger charge is -2.32. The van der Waals surface area contributed by atoms with E-state index in [1.165, 1.54) is 6.07 Å². The number of halogens is 1. The third kappa shape index (κ3) is 4.34. The Morgan fingerprint density at radius 1 is 1.18 bits per heavy atom. The van der Waals surface area contributed by atoms with Gasteiger partial charge in [0, 0.05) is 50.1 Å². The summed E-state index contributed by atoms with van der Waals surface area (Å²) in [5, 5.41) is 3.15. The van der Waals surface area contributed by atoms with Crippen LogP contribution in [0.4, 0.5) is 10.2 Å². The second-order valence-electron chi connectivity index (χ2n) is 7.20. The first-order valence-electron chi connectivity index (χ1n) is 9.65. The molecule has 1 N–H and O–H groups in total. The summed E-state index contributed by atoms with van der Waals surface area (Å²) in [4.78, 5) is 16.0. The van der Waals surface area contributed by atoms with E-state index in [0.29, 0.717) is 11.7 Å². The Labute approximate surface area is 164 Å². The second kappa shape index (κ2) is 8.44. The van der Waals surface area contributed by atoms with Crippen LogP contribution in [0, 0.1) is 5.82 Å². The number of anilines is 1. The van der Waals surface area contributed by atoms with Crippen molar-refractivity contribution in [2.24, 2.45) is 0 Å². The zero-order valence-electron chi connectivity index (χ0n) is 16.0. The predicted octanol–water partition coefficient (Wildman–Crippen LogP) is 4.10. The highest BCUT2D eigenvalue weighted by molar-refractivity contribution is 5.56. The summed E-state index contributed by atoms with van der Waals surface area (Å²) in [6.07, 6.45) is 5.72. The van der Waals surface area contributed by atoms with Gasteiger partial charge in [-0.3, -0.25) is 9.88 Å². The summed E-state index contributed by atoms with van der Waals surface area (Å²) in [7, 11) is 1.87. The van der Waals surface area contributed by atoms with E-state index >= 15 is 0 Å². The van der Waals surface area contributed by atoms with Crippen LogP contribution < -0.4 is 5.32 Å². The molecule has 1 saturated heterocycles. The highest BCUT2D eigenvalue weighted by Crippen LogP contribution is 2.29. The van der Waals surface area contributed by atoms with Crippen molar-refractivity contribution in [1.29, 1.82) is 0 Å². The molecular formula is C22H24FN5. The largest absolute Gasteiger partial charge is 0.373 e. The number of nitrogens with one attached hydrogen (secondary N) is 1. The lowest BCUT2D eigenvalue weighted by atomic mass is 9.94. The molecule has 2 aromatic heterocycles. The molecule has 1 aromatic carbocycles. The number of rotatable bonds is 5. The highest BCUT2D eigenvalue weighted by Gasteiger charge is 2.24. The van der Waals surface area contributed by atoms with Crippen LogP contribution in [0.3, 0.4) is 0 Å². The average Bonchev–Trinajstić information content (AvgIpc) is 2.74. The van der Waals surface area contributed by atoms with Crippen LogP contribution in [0.1, 0.15) is 30.0 Å². The van der Waals surface area contributed by atoms with Gasteiger partial charge in [-0.05, 0) is 49.2 Å². The molecule has 1 atom stereocenters. The molecule has 0 aliphatic carbocycles. The van der Waals surface area contributed by atoms with Gasteiger partial charge >= 0.3 is 0 Å². The Balaban J connectivity index is 1.56. The molecule has 1 unspecified atom stereocenters. The summed E-state index contributed by atoms with van der Waals surface area (Å²) < 4.78 is 13.5. The quantitative estimate of drug-likeness (QED) is 0.726. The van der Waals surface area contributed by atoms with Crippen molar-refractivity contribution in [3.05, 3.63) is 71.9 Å². The van der Waals surface area contributed by atoms with Crippen molar-refractivity contribution in [2.45, 2.75) is 25.3 Å². The van der Waals surface area contributed by atoms with Gasteiger partial charge in [-0.2, -0.15) is 0 Å². The Morgan fingerprint density at radius 3 is 2.89 bits per heavy atom. The molecule has 6 heteroatoms. The van der Waals surface area contributed by atoms with Gasteiger partial charge in [-0.25, -0.2) is 14.4 Å². The third-order valence-electron chi connectivity index (χ3n) is 5.14. The normalized spacial score (nSPS) is 17.4. The zero-order chi connectivity index (χ0) is 19.3. The minimum absolute atomic E-state index is 0.179. The first kappa shape index (κ1) is 18.5. The fourth-order valence-corrected chi connectivity index (χ4v) is 3.76. The van der Waals surface area contributed by atoms with Crippen molar-refractivity contribution in [2.75, 3.05) is 25.5 Å². The van der Waals surface area contributed by atoms with E-state index in [1.54, 1.807) is 24.5 Å². The van der Waals surface area contributed by atoms with Crippen LogP contribution in [0.25, 0.3) is 11.4 Å². The first-order chi connectivity index (χ1) is 13.7. The summed E-state index contributed by atoms with van der Waals surface area (Å²) >= 11 is 0. The fourth-order valence-electron chi connectivity index (χ4n) is 3.76. The van der Waals surface area contributed by atoms with Crippen molar-refractivity contribution in [3.8, 4) is 11.4 Å². The molecule has 0 bridgehead atoms. The van der Waals surface area contributed by atoms with Gasteiger partial charge in [-0.15, -0.1) is 0 Å². The van der Waals surface area contributed by atoms with E-state index in [-0.39, 0.29) is 5.82 Å². The van der Waals surface area contributed by atoms with Crippen molar-refractivity contribution in [3.63, 3.8) is 0 Å². The minimum Gasteiger partial charge on any atom is -0.373 e. The molecule has 3 heterocycles. The number of hydrogen-bond donors (Lipinski definition) is 1. The van der Waals surface area contributed by atoms with Crippen LogP contribution >= 0.6 is 0 Å². The average molecular weight is 377 g/mol. The number of likely N-dealkylation sites (tertiary alicyclic amines) is 1. The minimum atomic E-state index is -0.179. The Hall–Kier alpha value is -2.86. The number of piperidine rings is 1. The topological polar surface area (TPSA) is 53.9 Å². The predicted molar refractivity (Wildman–Crippen MR) is 108 cm³/mol. The van der Waals surface area contributed by atoms with Gasteiger partial charge in [0.25, 0.3) is 0 Å². The Kier molecular flexibility index (Phi) is 5.58. The van der Waals surface area contributed by atoms with E-state index in [2.05, 4.69) is 20.2 Å². The number of aromatic nitrogens is 3. The Bertz CT molecular complexity index is 931. The Morgan fingerprint density at radius 2 is 2.11 bits per heavy atom. The van der Waals surface area contributed by atoms with Crippen LogP contribution in [-0.4, -0.2) is 40.0 Å². The second-order valence-corrected chi connectivity index (χ2v) is 7.20. The molecule has 4 rings (SSSR count). The van der Waals surface area contributed by atoms with Gasteiger partial charge in [0.2, 0.25) is 0 Å². The molecule has 0 amide bonds. The van der Waals surface area contributed by atoms with Gasteiger partial charge in [0.05, 0.1) is 5.69 Å². The lowest BCUT2D eigenvalue weighted by molar-refractivity contribution is 0.198. The molecule has 144 valence electrons. The number of pyridine rings is 1. The summed E-state index contributed by atoms with van der Waals surface area (Å²) in [6.45, 7) is 2.68. The van der Waals surface area contributed by atoms with E-state index in [1.807, 2.05) is 31.3 Å². The fraction of sp³-hybridized carbons (Fsp3) is 0.318. The smallest absolute Gasteiger partial charge is 0.163 e. The maximum absolute atomic E-state index is 13.5. The van der Waals surface area contributed by atoms with Gasteiger partial charge in [-0.1, -0.05) is 12.1 Å². The molecule has 1 aliphatic rings. The van der Waals surface area contributed by atoms with Gasteiger partial charge in [0.1, 0.15) is 11.6 Å². The lowest BCUT2D eigenvalue weighted by Crippen LogP contribution is -2.34. The van der Waals surface area contributed by atoms with Crippen LogP contribution in [-0.2, 0) is 6.54 Å². The molecule has 3 aromatic rings.